The van der Waals surface area contributed by atoms with Crippen molar-refractivity contribution in [2.75, 3.05) is 26.3 Å². The van der Waals surface area contributed by atoms with E-state index in [1.807, 2.05) is 30.3 Å². The first-order valence-electron chi connectivity index (χ1n) is 7.96. The Morgan fingerprint density at radius 3 is 2.65 bits per heavy atom. The summed E-state index contributed by atoms with van der Waals surface area (Å²) in [4.78, 5) is 25.6. The minimum atomic E-state index is -1.03. The molecule has 1 aromatic carbocycles. The molecule has 1 amide bonds. The van der Waals surface area contributed by atoms with Gasteiger partial charge in [0.2, 0.25) is 5.91 Å². The topological polar surface area (TPSA) is 76.1 Å². The van der Waals surface area contributed by atoms with E-state index in [0.29, 0.717) is 13.2 Å². The van der Waals surface area contributed by atoms with Gasteiger partial charge in [-0.15, -0.1) is 0 Å². The third-order valence-electron chi connectivity index (χ3n) is 4.42. The lowest BCUT2D eigenvalue weighted by atomic mass is 9.88. The lowest BCUT2D eigenvalue weighted by molar-refractivity contribution is -0.163. The average Bonchev–Trinajstić information content (AvgIpc) is 2.62. The Balaban J connectivity index is 1.75. The normalized spacial score (nSPS) is 28.3. The Kier molecular flexibility index (Phi) is 4.93. The van der Waals surface area contributed by atoms with Crippen LogP contribution in [-0.4, -0.2) is 54.3 Å². The molecule has 0 bridgehead atoms. The maximum Gasteiger partial charge on any atom is 0.334 e. The lowest BCUT2D eigenvalue weighted by Gasteiger charge is -2.37. The van der Waals surface area contributed by atoms with Crippen LogP contribution < -0.4 is 0 Å². The molecule has 1 aromatic rings. The Labute approximate surface area is 135 Å². The van der Waals surface area contributed by atoms with Gasteiger partial charge in [-0.3, -0.25) is 4.79 Å². The number of aliphatic carboxylic acids is 1. The Bertz CT molecular complexity index is 561. The van der Waals surface area contributed by atoms with Crippen molar-refractivity contribution in [3.8, 4) is 0 Å². The SMILES string of the molecule is O=C(O)C1CN(C(=O)C2CCCOC2c2ccccc2)CCO1. The molecule has 2 aliphatic rings. The highest BCUT2D eigenvalue weighted by Crippen LogP contribution is 2.35. The summed E-state index contributed by atoms with van der Waals surface area (Å²) in [6.45, 7) is 1.43. The molecule has 3 unspecified atom stereocenters. The number of ether oxygens (including phenoxy) is 2. The molecular formula is C17H21NO5. The van der Waals surface area contributed by atoms with Gasteiger partial charge in [-0.2, -0.15) is 0 Å². The number of hydrogen-bond acceptors (Lipinski definition) is 4. The van der Waals surface area contributed by atoms with E-state index in [0.717, 1.165) is 18.4 Å². The number of carboxylic acids is 1. The summed E-state index contributed by atoms with van der Waals surface area (Å²) in [5.41, 5.74) is 0.994. The van der Waals surface area contributed by atoms with Crippen LogP contribution in [-0.2, 0) is 19.1 Å². The van der Waals surface area contributed by atoms with Gasteiger partial charge >= 0.3 is 5.97 Å². The molecule has 3 rings (SSSR count). The van der Waals surface area contributed by atoms with Crippen LogP contribution >= 0.6 is 0 Å². The molecule has 6 heteroatoms. The number of benzene rings is 1. The highest BCUT2D eigenvalue weighted by atomic mass is 16.5. The quantitative estimate of drug-likeness (QED) is 0.913. The molecule has 124 valence electrons. The predicted molar refractivity (Wildman–Crippen MR) is 81.8 cm³/mol. The second kappa shape index (κ2) is 7.10. The summed E-state index contributed by atoms with van der Waals surface area (Å²) in [7, 11) is 0. The molecule has 6 nitrogen and oxygen atoms in total. The molecular weight excluding hydrogens is 298 g/mol. The van der Waals surface area contributed by atoms with Crippen molar-refractivity contribution in [1.82, 2.24) is 4.90 Å². The summed E-state index contributed by atoms with van der Waals surface area (Å²) < 4.78 is 11.1. The monoisotopic (exact) mass is 319 g/mol. The molecule has 0 radical (unpaired) electrons. The highest BCUT2D eigenvalue weighted by molar-refractivity contribution is 5.81. The predicted octanol–water partition coefficient (Wildman–Crippen LogP) is 1.47. The largest absolute Gasteiger partial charge is 0.479 e. The minimum Gasteiger partial charge on any atom is -0.479 e. The van der Waals surface area contributed by atoms with E-state index in [1.165, 1.54) is 0 Å². The van der Waals surface area contributed by atoms with Gasteiger partial charge in [0.1, 0.15) is 0 Å². The van der Waals surface area contributed by atoms with Crippen LogP contribution in [0.1, 0.15) is 24.5 Å². The van der Waals surface area contributed by atoms with Crippen molar-refractivity contribution in [2.45, 2.75) is 25.0 Å². The van der Waals surface area contributed by atoms with Crippen molar-refractivity contribution >= 4 is 11.9 Å². The fraction of sp³-hybridized carbons (Fsp3) is 0.529. The van der Waals surface area contributed by atoms with E-state index in [1.54, 1.807) is 4.90 Å². The lowest BCUT2D eigenvalue weighted by Crippen LogP contribution is -2.51. The third kappa shape index (κ3) is 3.54. The fourth-order valence-electron chi connectivity index (χ4n) is 3.24. The van der Waals surface area contributed by atoms with Gasteiger partial charge in [0.25, 0.3) is 0 Å². The molecule has 2 heterocycles. The van der Waals surface area contributed by atoms with Crippen LogP contribution in [0.5, 0.6) is 0 Å². The van der Waals surface area contributed by atoms with Gasteiger partial charge in [-0.05, 0) is 18.4 Å². The zero-order valence-electron chi connectivity index (χ0n) is 12.9. The molecule has 2 fully saturated rings. The highest BCUT2D eigenvalue weighted by Gasteiger charge is 2.38. The van der Waals surface area contributed by atoms with Gasteiger partial charge in [0.15, 0.2) is 6.10 Å². The maximum atomic E-state index is 12.9. The van der Waals surface area contributed by atoms with Gasteiger partial charge in [0, 0.05) is 13.2 Å². The van der Waals surface area contributed by atoms with Crippen LogP contribution in [0.4, 0.5) is 0 Å². The second-order valence-corrected chi connectivity index (χ2v) is 5.93. The third-order valence-corrected chi connectivity index (χ3v) is 4.42. The Hall–Kier alpha value is -1.92. The summed E-state index contributed by atoms with van der Waals surface area (Å²) in [6, 6.07) is 9.74. The molecule has 0 spiro atoms. The molecule has 0 aromatic heterocycles. The first kappa shape index (κ1) is 16.0. The van der Waals surface area contributed by atoms with Gasteiger partial charge in [-0.1, -0.05) is 30.3 Å². The summed E-state index contributed by atoms with van der Waals surface area (Å²) >= 11 is 0. The number of amides is 1. The van der Waals surface area contributed by atoms with Crippen molar-refractivity contribution in [2.24, 2.45) is 5.92 Å². The van der Waals surface area contributed by atoms with Gasteiger partial charge < -0.3 is 19.5 Å². The molecule has 3 atom stereocenters. The average molecular weight is 319 g/mol. The second-order valence-electron chi connectivity index (χ2n) is 5.93. The molecule has 2 aliphatic heterocycles. The first-order chi connectivity index (χ1) is 11.2. The molecule has 0 saturated carbocycles. The molecule has 23 heavy (non-hydrogen) atoms. The Morgan fingerprint density at radius 2 is 1.91 bits per heavy atom. The number of carboxylic acid groups (broad SMARTS) is 1. The molecule has 2 saturated heterocycles. The van der Waals surface area contributed by atoms with E-state index < -0.39 is 12.1 Å². The van der Waals surface area contributed by atoms with E-state index in [9.17, 15) is 9.59 Å². The molecule has 1 N–H and O–H groups in total. The van der Waals surface area contributed by atoms with Crippen LogP contribution in [0.2, 0.25) is 0 Å². The maximum absolute atomic E-state index is 12.9. The summed E-state index contributed by atoms with van der Waals surface area (Å²) in [5, 5.41) is 9.09. The number of carbonyl (C=O) groups is 2. The molecule has 0 aliphatic carbocycles. The standard InChI is InChI=1S/C17H21NO5/c19-16(18-8-10-22-14(11-18)17(20)21)13-7-4-9-23-15(13)12-5-2-1-3-6-12/h1-3,5-6,13-15H,4,7-11H2,(H,20,21). The zero-order chi connectivity index (χ0) is 16.2. The van der Waals surface area contributed by atoms with Crippen LogP contribution in [0.15, 0.2) is 30.3 Å². The van der Waals surface area contributed by atoms with Crippen molar-refractivity contribution in [1.29, 1.82) is 0 Å². The van der Waals surface area contributed by atoms with Crippen molar-refractivity contribution < 1.29 is 24.2 Å². The van der Waals surface area contributed by atoms with Gasteiger partial charge in [-0.25, -0.2) is 4.79 Å². The van der Waals surface area contributed by atoms with Crippen LogP contribution in [0.25, 0.3) is 0 Å². The van der Waals surface area contributed by atoms with Crippen molar-refractivity contribution in [3.05, 3.63) is 35.9 Å². The number of morpholine rings is 1. The van der Waals surface area contributed by atoms with E-state index >= 15 is 0 Å². The number of hydrogen-bond donors (Lipinski definition) is 1. The number of nitrogens with zero attached hydrogens (tertiary/aromatic N) is 1. The first-order valence-corrected chi connectivity index (χ1v) is 7.96. The number of rotatable bonds is 3. The van der Waals surface area contributed by atoms with Crippen LogP contribution in [0, 0.1) is 5.92 Å². The van der Waals surface area contributed by atoms with E-state index in [4.69, 9.17) is 14.6 Å². The Morgan fingerprint density at radius 1 is 1.13 bits per heavy atom. The van der Waals surface area contributed by atoms with Crippen molar-refractivity contribution in [3.63, 3.8) is 0 Å². The fourth-order valence-corrected chi connectivity index (χ4v) is 3.24. The van der Waals surface area contributed by atoms with Crippen LogP contribution in [0.3, 0.4) is 0 Å². The van der Waals surface area contributed by atoms with E-state index in [-0.39, 0.29) is 31.1 Å². The number of carbonyl (C=O) groups excluding carboxylic acids is 1. The summed E-state index contributed by atoms with van der Waals surface area (Å²) in [5.74, 6) is -1.33. The summed E-state index contributed by atoms with van der Waals surface area (Å²) in [6.07, 6.45) is 0.399. The minimum absolute atomic E-state index is 0.0342. The van der Waals surface area contributed by atoms with E-state index in [2.05, 4.69) is 0 Å². The smallest absolute Gasteiger partial charge is 0.334 e. The zero-order valence-corrected chi connectivity index (χ0v) is 12.9. The van der Waals surface area contributed by atoms with Gasteiger partial charge in [0.05, 0.1) is 25.2 Å².